The molecule has 5 rings (SSSR count). The lowest BCUT2D eigenvalue weighted by molar-refractivity contribution is -0.123. The Kier molecular flexibility index (Phi) is 7.63. The minimum atomic E-state index is -1.03. The first-order valence-electron chi connectivity index (χ1n) is 12.9. The van der Waals surface area contributed by atoms with E-state index in [0.29, 0.717) is 27.4 Å². The lowest BCUT2D eigenvalue weighted by atomic mass is 10.0. The summed E-state index contributed by atoms with van der Waals surface area (Å²) in [4.78, 5) is 35.5. The van der Waals surface area contributed by atoms with Crippen LogP contribution in [0.15, 0.2) is 84.9 Å². The van der Waals surface area contributed by atoms with Crippen LogP contribution < -0.4 is 5.32 Å². The van der Waals surface area contributed by atoms with E-state index in [9.17, 15) is 9.59 Å². The third-order valence-corrected chi connectivity index (χ3v) is 7.05. The van der Waals surface area contributed by atoms with Gasteiger partial charge in [-0.25, -0.2) is 14.8 Å². The third-order valence-electron chi connectivity index (χ3n) is 6.64. The standard InChI is InChI=1S/C33H28ClN3O3/c1-19-5-10-23(11-6-19)30-31(24-12-7-20(2)8-13-24)37-29-17-25(14-16-28(29)36-30)33(39)40-22(4)32(38)35-26-15-9-21(3)27(34)18-26/h5-18,22H,1-4H3,(H,35,38). The topological polar surface area (TPSA) is 81.2 Å². The van der Waals surface area contributed by atoms with Crippen molar-refractivity contribution in [3.05, 3.63) is 112 Å². The fraction of sp³-hybridized carbons (Fsp3) is 0.152. The van der Waals surface area contributed by atoms with Crippen LogP contribution in [0.5, 0.6) is 0 Å². The number of amides is 1. The van der Waals surface area contributed by atoms with Gasteiger partial charge in [-0.1, -0.05) is 77.3 Å². The summed E-state index contributed by atoms with van der Waals surface area (Å²) in [6.45, 7) is 7.47. The molecule has 0 saturated carbocycles. The molecule has 1 amide bonds. The van der Waals surface area contributed by atoms with E-state index in [1.54, 1.807) is 36.4 Å². The summed E-state index contributed by atoms with van der Waals surface area (Å²) in [5.74, 6) is -1.09. The average Bonchev–Trinajstić information content (AvgIpc) is 2.95. The van der Waals surface area contributed by atoms with Gasteiger partial charge >= 0.3 is 5.97 Å². The van der Waals surface area contributed by atoms with Crippen LogP contribution in [-0.4, -0.2) is 27.9 Å². The number of aryl methyl sites for hydroxylation is 3. The number of benzene rings is 4. The highest BCUT2D eigenvalue weighted by molar-refractivity contribution is 6.31. The second kappa shape index (κ2) is 11.3. The summed E-state index contributed by atoms with van der Waals surface area (Å²) in [5, 5.41) is 3.27. The Morgan fingerprint density at radius 3 is 1.90 bits per heavy atom. The SMILES string of the molecule is Cc1ccc(-c2nc3ccc(C(=O)OC(C)C(=O)Nc4ccc(C)c(Cl)c4)cc3nc2-c2ccc(C)cc2)cc1. The monoisotopic (exact) mass is 549 g/mol. The van der Waals surface area contributed by atoms with E-state index in [1.165, 1.54) is 6.92 Å². The van der Waals surface area contributed by atoms with Gasteiger partial charge in [0.25, 0.3) is 5.91 Å². The molecule has 1 heterocycles. The minimum Gasteiger partial charge on any atom is -0.449 e. The van der Waals surface area contributed by atoms with Crippen LogP contribution >= 0.6 is 11.6 Å². The number of anilines is 1. The number of fused-ring (bicyclic) bond motifs is 1. The molecule has 0 aliphatic carbocycles. The van der Waals surface area contributed by atoms with E-state index in [2.05, 4.69) is 5.32 Å². The number of hydrogen-bond acceptors (Lipinski definition) is 5. The first-order valence-corrected chi connectivity index (χ1v) is 13.3. The zero-order valence-electron chi connectivity index (χ0n) is 22.7. The van der Waals surface area contributed by atoms with Gasteiger partial charge in [-0.3, -0.25) is 4.79 Å². The summed E-state index contributed by atoms with van der Waals surface area (Å²) < 4.78 is 5.47. The molecule has 0 spiro atoms. The zero-order valence-corrected chi connectivity index (χ0v) is 23.4. The quantitative estimate of drug-likeness (QED) is 0.219. The predicted molar refractivity (Wildman–Crippen MR) is 160 cm³/mol. The molecule has 4 aromatic carbocycles. The Bertz CT molecular complexity index is 1730. The second-order valence-corrected chi connectivity index (χ2v) is 10.3. The van der Waals surface area contributed by atoms with Gasteiger partial charge in [0.05, 0.1) is 28.0 Å². The van der Waals surface area contributed by atoms with Crippen molar-refractivity contribution in [2.45, 2.75) is 33.8 Å². The van der Waals surface area contributed by atoms with Crippen LogP contribution in [0.4, 0.5) is 5.69 Å². The molecule has 1 atom stereocenters. The molecule has 6 nitrogen and oxygen atoms in total. The molecule has 40 heavy (non-hydrogen) atoms. The fourth-order valence-electron chi connectivity index (χ4n) is 4.20. The number of ether oxygens (including phenoxy) is 1. The molecule has 7 heteroatoms. The van der Waals surface area contributed by atoms with Gasteiger partial charge in [0.1, 0.15) is 0 Å². The van der Waals surface area contributed by atoms with Gasteiger partial charge < -0.3 is 10.1 Å². The lowest BCUT2D eigenvalue weighted by Gasteiger charge is -2.15. The lowest BCUT2D eigenvalue weighted by Crippen LogP contribution is -2.30. The van der Waals surface area contributed by atoms with Crippen molar-refractivity contribution in [3.63, 3.8) is 0 Å². The van der Waals surface area contributed by atoms with E-state index < -0.39 is 18.0 Å². The number of esters is 1. The van der Waals surface area contributed by atoms with Crippen LogP contribution in [0.1, 0.15) is 34.0 Å². The zero-order chi connectivity index (χ0) is 28.4. The number of nitrogens with one attached hydrogen (secondary N) is 1. The molecule has 1 aromatic heterocycles. The van der Waals surface area contributed by atoms with E-state index in [-0.39, 0.29) is 5.56 Å². The van der Waals surface area contributed by atoms with E-state index in [0.717, 1.165) is 33.5 Å². The normalized spacial score (nSPS) is 11.7. The van der Waals surface area contributed by atoms with E-state index in [4.69, 9.17) is 26.3 Å². The van der Waals surface area contributed by atoms with Crippen LogP contribution in [0.25, 0.3) is 33.5 Å². The number of rotatable bonds is 6. The Morgan fingerprint density at radius 1 is 0.750 bits per heavy atom. The third kappa shape index (κ3) is 5.87. The van der Waals surface area contributed by atoms with Crippen LogP contribution in [0.3, 0.4) is 0 Å². The van der Waals surface area contributed by atoms with Gasteiger partial charge in [-0.15, -0.1) is 0 Å². The molecule has 0 radical (unpaired) electrons. The van der Waals surface area contributed by atoms with E-state index in [1.807, 2.05) is 69.3 Å². The summed E-state index contributed by atoms with van der Waals surface area (Å²) in [6, 6.07) is 26.5. The number of aromatic nitrogens is 2. The number of carbonyl (C=O) groups is 2. The molecule has 200 valence electrons. The molecule has 0 aliphatic heterocycles. The van der Waals surface area contributed by atoms with Crippen LogP contribution in [-0.2, 0) is 9.53 Å². The van der Waals surface area contributed by atoms with Gasteiger partial charge in [-0.05, 0) is 63.6 Å². The maximum atomic E-state index is 13.0. The van der Waals surface area contributed by atoms with Crippen molar-refractivity contribution in [1.29, 1.82) is 0 Å². The number of carbonyl (C=O) groups excluding carboxylic acids is 2. The number of halogens is 1. The molecule has 5 aromatic rings. The molecule has 0 fully saturated rings. The van der Waals surface area contributed by atoms with Gasteiger partial charge in [-0.2, -0.15) is 0 Å². The molecule has 1 N–H and O–H groups in total. The minimum absolute atomic E-state index is 0.276. The second-order valence-electron chi connectivity index (χ2n) is 9.86. The molecule has 0 saturated heterocycles. The maximum Gasteiger partial charge on any atom is 0.338 e. The number of nitrogens with zero attached hydrogens (tertiary/aromatic N) is 2. The predicted octanol–water partition coefficient (Wildman–Crippen LogP) is 7.73. The van der Waals surface area contributed by atoms with Crippen molar-refractivity contribution in [2.24, 2.45) is 0 Å². The van der Waals surface area contributed by atoms with Crippen molar-refractivity contribution >= 4 is 40.2 Å². The molecule has 0 bridgehead atoms. The highest BCUT2D eigenvalue weighted by Crippen LogP contribution is 2.32. The molecule has 0 aliphatic rings. The highest BCUT2D eigenvalue weighted by atomic mass is 35.5. The van der Waals surface area contributed by atoms with Crippen molar-refractivity contribution in [1.82, 2.24) is 9.97 Å². The Morgan fingerprint density at radius 2 is 1.32 bits per heavy atom. The Labute approximate surface area is 238 Å². The van der Waals surface area contributed by atoms with Crippen LogP contribution in [0.2, 0.25) is 5.02 Å². The molecule has 1 unspecified atom stereocenters. The van der Waals surface area contributed by atoms with E-state index >= 15 is 0 Å². The van der Waals surface area contributed by atoms with Gasteiger partial charge in [0.2, 0.25) is 0 Å². The van der Waals surface area contributed by atoms with Crippen molar-refractivity contribution in [3.8, 4) is 22.5 Å². The summed E-state index contributed by atoms with van der Waals surface area (Å²) in [7, 11) is 0. The largest absolute Gasteiger partial charge is 0.449 e. The van der Waals surface area contributed by atoms with Crippen LogP contribution in [0, 0.1) is 20.8 Å². The Hall–Kier alpha value is -4.55. The molecular weight excluding hydrogens is 522 g/mol. The van der Waals surface area contributed by atoms with Crippen molar-refractivity contribution < 1.29 is 14.3 Å². The van der Waals surface area contributed by atoms with Crippen molar-refractivity contribution in [2.75, 3.05) is 5.32 Å². The molecular formula is C33H28ClN3O3. The van der Waals surface area contributed by atoms with Gasteiger partial charge in [0.15, 0.2) is 6.10 Å². The van der Waals surface area contributed by atoms with Gasteiger partial charge in [0, 0.05) is 21.8 Å². The summed E-state index contributed by atoms with van der Waals surface area (Å²) >= 11 is 6.15. The first kappa shape index (κ1) is 27.0. The summed E-state index contributed by atoms with van der Waals surface area (Å²) in [5.41, 5.74) is 8.53. The first-order chi connectivity index (χ1) is 19.2. The fourth-order valence-corrected chi connectivity index (χ4v) is 4.38. The maximum absolute atomic E-state index is 13.0. The smallest absolute Gasteiger partial charge is 0.338 e. The summed E-state index contributed by atoms with van der Waals surface area (Å²) in [6.07, 6.45) is -1.03. The number of hydrogen-bond donors (Lipinski definition) is 1. The Balaban J connectivity index is 1.43. The highest BCUT2D eigenvalue weighted by Gasteiger charge is 2.21. The average molecular weight is 550 g/mol.